The van der Waals surface area contributed by atoms with Crippen molar-refractivity contribution in [3.8, 4) is 11.1 Å². The summed E-state index contributed by atoms with van der Waals surface area (Å²) < 4.78 is 12.8. The largest absolute Gasteiger partial charge is 0.347 e. The first-order valence-corrected chi connectivity index (χ1v) is 8.51. The molecule has 2 aromatic carbocycles. The minimum absolute atomic E-state index is 0.142. The summed E-state index contributed by atoms with van der Waals surface area (Å²) in [6.07, 6.45) is 1.69. The molecule has 0 spiro atoms. The quantitative estimate of drug-likeness (QED) is 0.881. The van der Waals surface area contributed by atoms with Gasteiger partial charge in [-0.1, -0.05) is 24.3 Å². The van der Waals surface area contributed by atoms with E-state index >= 15 is 0 Å². The predicted molar refractivity (Wildman–Crippen MR) is 103 cm³/mol. The van der Waals surface area contributed by atoms with Gasteiger partial charge in [0.15, 0.2) is 0 Å². The summed E-state index contributed by atoms with van der Waals surface area (Å²) in [5.74, 6) is -0.142. The molecule has 0 unspecified atom stereocenters. The van der Waals surface area contributed by atoms with E-state index in [9.17, 15) is 9.18 Å². The van der Waals surface area contributed by atoms with Gasteiger partial charge in [-0.25, -0.2) is 9.82 Å². The highest BCUT2D eigenvalue weighted by Crippen LogP contribution is 2.27. The second kappa shape index (κ2) is 7.25. The third-order valence-electron chi connectivity index (χ3n) is 3.92. The lowest BCUT2D eigenvalue weighted by atomic mass is 9.99. The van der Waals surface area contributed by atoms with Crippen molar-refractivity contribution in [1.82, 2.24) is 10.7 Å². The van der Waals surface area contributed by atoms with Crippen molar-refractivity contribution in [2.45, 2.75) is 33.0 Å². The molecule has 0 fully saturated rings. The van der Waals surface area contributed by atoms with E-state index in [1.54, 1.807) is 23.5 Å². The van der Waals surface area contributed by atoms with Crippen LogP contribution in [0.4, 0.5) is 10.1 Å². The molecule has 0 aliphatic carbocycles. The number of aliphatic imine (C=N–C) groups is 1. The Morgan fingerprint density at radius 2 is 1.92 bits per heavy atom. The number of hydrazine groups is 1. The zero-order valence-electron chi connectivity index (χ0n) is 15.2. The minimum atomic E-state index is -0.492. The molecule has 136 valence electrons. The van der Waals surface area contributed by atoms with Crippen LogP contribution in [0, 0.1) is 0 Å². The van der Waals surface area contributed by atoms with Crippen molar-refractivity contribution in [2.75, 3.05) is 11.7 Å². The second-order valence-corrected chi connectivity index (χ2v) is 7.29. The van der Waals surface area contributed by atoms with Crippen molar-refractivity contribution >= 4 is 17.9 Å². The molecule has 6 heteroatoms. The second-order valence-electron chi connectivity index (χ2n) is 7.29. The van der Waals surface area contributed by atoms with Gasteiger partial charge in [-0.05, 0) is 55.7 Å². The van der Waals surface area contributed by atoms with Crippen LogP contribution in [0.1, 0.15) is 36.7 Å². The van der Waals surface area contributed by atoms with E-state index in [0.29, 0.717) is 17.8 Å². The lowest BCUT2D eigenvalue weighted by Gasteiger charge is -2.22. The summed E-state index contributed by atoms with van der Waals surface area (Å²) in [6, 6.07) is 12.9. The summed E-state index contributed by atoms with van der Waals surface area (Å²) in [5.41, 5.74) is 6.59. The summed E-state index contributed by atoms with van der Waals surface area (Å²) in [5, 5.41) is 4.77. The monoisotopic (exact) mass is 354 g/mol. The first-order valence-electron chi connectivity index (χ1n) is 8.51. The Morgan fingerprint density at radius 3 is 2.50 bits per heavy atom. The van der Waals surface area contributed by atoms with Gasteiger partial charge in [-0.15, -0.1) is 0 Å². The SMILES string of the molecule is CC(C)(C)NC(=O)c1cc(-c2ccc(CF)cc2)cc(N2C=NCN2)c1. The zero-order valence-corrected chi connectivity index (χ0v) is 15.2. The molecule has 0 aromatic heterocycles. The van der Waals surface area contributed by atoms with Crippen molar-refractivity contribution < 1.29 is 9.18 Å². The maximum Gasteiger partial charge on any atom is 0.251 e. The summed E-state index contributed by atoms with van der Waals surface area (Å²) in [6.45, 7) is 5.84. The number of carbonyl (C=O) groups is 1. The fraction of sp³-hybridized carbons (Fsp3) is 0.300. The van der Waals surface area contributed by atoms with Crippen LogP contribution in [0.5, 0.6) is 0 Å². The molecule has 0 radical (unpaired) electrons. The number of nitrogens with one attached hydrogen (secondary N) is 2. The molecule has 1 aliphatic rings. The normalized spacial score (nSPS) is 13.9. The molecule has 1 heterocycles. The topological polar surface area (TPSA) is 56.7 Å². The number of halogens is 1. The molecule has 0 atom stereocenters. The van der Waals surface area contributed by atoms with E-state index in [0.717, 1.165) is 16.8 Å². The molecule has 0 saturated heterocycles. The number of alkyl halides is 1. The molecule has 1 amide bonds. The lowest BCUT2D eigenvalue weighted by Crippen LogP contribution is -2.40. The van der Waals surface area contributed by atoms with Crippen LogP contribution in [0.15, 0.2) is 47.5 Å². The van der Waals surface area contributed by atoms with Gasteiger partial charge in [0.05, 0.1) is 5.69 Å². The number of anilines is 1. The molecule has 5 nitrogen and oxygen atoms in total. The fourth-order valence-corrected chi connectivity index (χ4v) is 2.69. The van der Waals surface area contributed by atoms with Gasteiger partial charge >= 0.3 is 0 Å². The molecule has 0 bridgehead atoms. The summed E-state index contributed by atoms with van der Waals surface area (Å²) >= 11 is 0. The average Bonchev–Trinajstić information content (AvgIpc) is 3.15. The number of carbonyl (C=O) groups excluding carboxylic acids is 1. The summed E-state index contributed by atoms with van der Waals surface area (Å²) in [7, 11) is 0. The summed E-state index contributed by atoms with van der Waals surface area (Å²) in [4.78, 5) is 16.8. The number of benzene rings is 2. The third-order valence-corrected chi connectivity index (χ3v) is 3.92. The predicted octanol–water partition coefficient (Wildman–Crippen LogP) is 3.66. The average molecular weight is 354 g/mol. The number of rotatable bonds is 4. The van der Waals surface area contributed by atoms with Gasteiger partial charge in [-0.2, -0.15) is 0 Å². The zero-order chi connectivity index (χ0) is 18.7. The van der Waals surface area contributed by atoms with E-state index in [2.05, 4.69) is 15.7 Å². The van der Waals surface area contributed by atoms with Crippen LogP contribution < -0.4 is 15.8 Å². The minimum Gasteiger partial charge on any atom is -0.347 e. The third kappa shape index (κ3) is 4.26. The molecular formula is C20H23FN4O. The standard InChI is InChI=1S/C20H23FN4O/c1-20(2,3)24-19(26)17-8-16(15-6-4-14(11-21)5-7-15)9-18(10-17)25-13-22-12-23-25/h4-10,13,23H,11-12H2,1-3H3,(H,24,26). The Kier molecular flexibility index (Phi) is 5.04. The first kappa shape index (κ1) is 18.1. The van der Waals surface area contributed by atoms with Crippen LogP contribution in [0.25, 0.3) is 11.1 Å². The van der Waals surface area contributed by atoms with Gasteiger partial charge in [0.1, 0.15) is 19.7 Å². The van der Waals surface area contributed by atoms with E-state index in [4.69, 9.17) is 0 Å². The number of nitrogens with zero attached hydrogens (tertiary/aromatic N) is 2. The van der Waals surface area contributed by atoms with E-state index in [-0.39, 0.29) is 11.4 Å². The Hall–Kier alpha value is -2.73. The van der Waals surface area contributed by atoms with Crippen LogP contribution in [-0.4, -0.2) is 24.5 Å². The van der Waals surface area contributed by atoms with Gasteiger partial charge in [0, 0.05) is 11.1 Å². The molecule has 2 N–H and O–H groups in total. The highest BCUT2D eigenvalue weighted by molar-refractivity contribution is 5.98. The Morgan fingerprint density at radius 1 is 1.19 bits per heavy atom. The van der Waals surface area contributed by atoms with E-state index in [1.807, 2.05) is 51.1 Å². The van der Waals surface area contributed by atoms with Crippen LogP contribution in [0.3, 0.4) is 0 Å². The molecule has 26 heavy (non-hydrogen) atoms. The highest BCUT2D eigenvalue weighted by atomic mass is 19.1. The fourth-order valence-electron chi connectivity index (χ4n) is 2.69. The smallest absolute Gasteiger partial charge is 0.251 e. The Bertz CT molecular complexity index is 825. The molecule has 1 aliphatic heterocycles. The maximum atomic E-state index is 12.8. The van der Waals surface area contributed by atoms with E-state index in [1.165, 1.54) is 0 Å². The highest BCUT2D eigenvalue weighted by Gasteiger charge is 2.18. The van der Waals surface area contributed by atoms with Crippen molar-refractivity contribution in [1.29, 1.82) is 0 Å². The van der Waals surface area contributed by atoms with Crippen molar-refractivity contribution in [2.24, 2.45) is 4.99 Å². The van der Waals surface area contributed by atoms with Gasteiger partial charge in [-0.3, -0.25) is 14.8 Å². The van der Waals surface area contributed by atoms with Gasteiger partial charge in [0.2, 0.25) is 0 Å². The van der Waals surface area contributed by atoms with Gasteiger partial charge < -0.3 is 5.32 Å². The van der Waals surface area contributed by atoms with Crippen molar-refractivity contribution in [3.63, 3.8) is 0 Å². The van der Waals surface area contributed by atoms with E-state index < -0.39 is 6.67 Å². The number of amides is 1. The van der Waals surface area contributed by atoms with Crippen LogP contribution in [0.2, 0.25) is 0 Å². The number of hydrogen-bond donors (Lipinski definition) is 2. The first-order chi connectivity index (χ1) is 12.4. The van der Waals surface area contributed by atoms with Crippen molar-refractivity contribution in [3.05, 3.63) is 53.6 Å². The van der Waals surface area contributed by atoms with Crippen LogP contribution in [-0.2, 0) is 6.67 Å². The maximum absolute atomic E-state index is 12.8. The molecule has 2 aromatic rings. The number of hydrogen-bond acceptors (Lipinski definition) is 4. The molecule has 3 rings (SSSR count). The Balaban J connectivity index is 2.02. The lowest BCUT2D eigenvalue weighted by molar-refractivity contribution is 0.0919. The van der Waals surface area contributed by atoms with Crippen LogP contribution >= 0.6 is 0 Å². The molecule has 0 saturated carbocycles. The molecular weight excluding hydrogens is 331 g/mol. The van der Waals surface area contributed by atoms with Gasteiger partial charge in [0.25, 0.3) is 5.91 Å². The Labute approximate surface area is 152 Å².